The van der Waals surface area contributed by atoms with Gasteiger partial charge in [0.25, 0.3) is 0 Å². The lowest BCUT2D eigenvalue weighted by molar-refractivity contribution is 0.0769. The van der Waals surface area contributed by atoms with Crippen LogP contribution in [0.25, 0.3) is 0 Å². The summed E-state index contributed by atoms with van der Waals surface area (Å²) in [6, 6.07) is 2.95. The van der Waals surface area contributed by atoms with Crippen LogP contribution in [0.4, 0.5) is 10.5 Å². The van der Waals surface area contributed by atoms with Crippen molar-refractivity contribution in [2.45, 2.75) is 76.4 Å². The van der Waals surface area contributed by atoms with Gasteiger partial charge in [-0.05, 0) is 81.0 Å². The number of fused-ring (bicyclic) bond motifs is 2. The summed E-state index contributed by atoms with van der Waals surface area (Å²) in [7, 11) is -3.60. The summed E-state index contributed by atoms with van der Waals surface area (Å²) in [6.45, 7) is 6.99. The molecular formula is C22H29N3O4S. The Bertz CT molecular complexity index is 1150. The van der Waals surface area contributed by atoms with Gasteiger partial charge in [-0.3, -0.25) is 0 Å². The fourth-order valence-corrected chi connectivity index (χ4v) is 5.67. The predicted octanol–water partition coefficient (Wildman–Crippen LogP) is 4.29. The average molecular weight is 432 g/mol. The highest BCUT2D eigenvalue weighted by atomic mass is 32.2. The maximum Gasteiger partial charge on any atom is 0.354 e. The van der Waals surface area contributed by atoms with E-state index in [9.17, 15) is 14.1 Å². The lowest BCUT2D eigenvalue weighted by Crippen LogP contribution is -2.19. The first-order valence-electron chi connectivity index (χ1n) is 10.3. The van der Waals surface area contributed by atoms with E-state index in [0.29, 0.717) is 17.2 Å². The minimum atomic E-state index is -3.60. The van der Waals surface area contributed by atoms with Crippen molar-refractivity contribution in [1.29, 1.82) is 0 Å². The molecule has 4 N–H and O–H groups in total. The van der Waals surface area contributed by atoms with Crippen molar-refractivity contribution in [2.75, 3.05) is 5.32 Å². The van der Waals surface area contributed by atoms with E-state index < -0.39 is 21.5 Å². The molecule has 30 heavy (non-hydrogen) atoms. The van der Waals surface area contributed by atoms with E-state index in [0.717, 1.165) is 43.4 Å². The summed E-state index contributed by atoms with van der Waals surface area (Å²) < 4.78 is 22.2. The van der Waals surface area contributed by atoms with Crippen LogP contribution in [0.5, 0.6) is 0 Å². The number of hydrogen-bond donors (Lipinski definition) is 3. The van der Waals surface area contributed by atoms with Gasteiger partial charge in [-0.2, -0.15) is 0 Å². The highest BCUT2D eigenvalue weighted by Gasteiger charge is 2.30. The Morgan fingerprint density at radius 1 is 1.30 bits per heavy atom. The Morgan fingerprint density at radius 3 is 2.70 bits per heavy atom. The minimum Gasteiger partial charge on any atom is -0.450 e. The van der Waals surface area contributed by atoms with Gasteiger partial charge in [0.05, 0.1) is 5.60 Å². The summed E-state index contributed by atoms with van der Waals surface area (Å²) in [4.78, 5) is 12.8. The predicted molar refractivity (Wildman–Crippen MR) is 116 cm³/mol. The van der Waals surface area contributed by atoms with Gasteiger partial charge in [-0.15, -0.1) is 4.36 Å². The monoisotopic (exact) mass is 431 g/mol. The van der Waals surface area contributed by atoms with Crippen molar-refractivity contribution >= 4 is 21.6 Å². The van der Waals surface area contributed by atoms with Crippen LogP contribution in [0, 0.1) is 6.92 Å². The third-order valence-electron chi connectivity index (χ3n) is 6.16. The normalized spacial score (nSPS) is 19.9. The zero-order chi connectivity index (χ0) is 21.8. The second-order valence-corrected chi connectivity index (χ2v) is 10.7. The second-order valence-electron chi connectivity index (χ2n) is 8.94. The smallest absolute Gasteiger partial charge is 0.354 e. The van der Waals surface area contributed by atoms with Gasteiger partial charge in [0.2, 0.25) is 5.09 Å². The van der Waals surface area contributed by atoms with E-state index in [1.54, 1.807) is 20.8 Å². The van der Waals surface area contributed by atoms with Crippen LogP contribution < -0.4 is 10.5 Å². The lowest BCUT2D eigenvalue weighted by atomic mass is 9.95. The molecular weight excluding hydrogens is 402 g/mol. The zero-order valence-corrected chi connectivity index (χ0v) is 18.7. The zero-order valence-electron chi connectivity index (χ0n) is 17.9. The van der Waals surface area contributed by atoms with Crippen molar-refractivity contribution in [3.63, 3.8) is 0 Å². The van der Waals surface area contributed by atoms with Gasteiger partial charge in [-0.1, -0.05) is 13.0 Å². The molecule has 0 fully saturated rings. The fourth-order valence-electron chi connectivity index (χ4n) is 4.76. The first-order chi connectivity index (χ1) is 14.0. The molecule has 1 aromatic carbocycles. The topological polar surface area (TPSA) is 118 Å². The van der Waals surface area contributed by atoms with Gasteiger partial charge in [0.1, 0.15) is 5.76 Å². The third-order valence-corrected chi connectivity index (χ3v) is 7.37. The summed E-state index contributed by atoms with van der Waals surface area (Å²) in [5, 5.41) is 18.9. The largest absolute Gasteiger partial charge is 0.450 e. The standard InChI is InChI=1S/C22H29N3O4S/c1-12-8-9-15-10-14-6-5-7-16(14)20(19(12)15)24-21(26)25-30(23,28)18-11-17(13(2)29-18)22(3,4)27/h10-12,27H,5-9H2,1-4H3,(H3,23,24,25,26,28)/t12-,30+/m0/s1. The Morgan fingerprint density at radius 2 is 2.03 bits per heavy atom. The third kappa shape index (κ3) is 3.68. The van der Waals surface area contributed by atoms with Crippen molar-refractivity contribution in [3.05, 3.63) is 45.7 Å². The molecule has 0 saturated carbocycles. The number of carbonyl (C=O) groups is 1. The number of rotatable bonds is 3. The number of benzene rings is 1. The maximum absolute atomic E-state index is 13.0. The molecule has 162 valence electrons. The second kappa shape index (κ2) is 7.21. The van der Waals surface area contributed by atoms with Crippen LogP contribution in [0.15, 0.2) is 26.0 Å². The number of nitrogens with zero attached hydrogens (tertiary/aromatic N) is 1. The molecule has 2 aromatic rings. The number of furan rings is 1. The van der Waals surface area contributed by atoms with E-state index in [1.807, 2.05) is 0 Å². The highest BCUT2D eigenvalue weighted by Crippen LogP contribution is 2.44. The molecule has 2 amide bonds. The van der Waals surface area contributed by atoms with Crippen molar-refractivity contribution in [1.82, 2.24) is 0 Å². The number of nitrogens with two attached hydrogens (primary N) is 1. The quantitative estimate of drug-likeness (QED) is 0.672. The van der Waals surface area contributed by atoms with Gasteiger partial charge in [0, 0.05) is 17.3 Å². The first kappa shape index (κ1) is 21.1. The molecule has 0 spiro atoms. The van der Waals surface area contributed by atoms with Gasteiger partial charge < -0.3 is 14.8 Å². The molecule has 8 heteroatoms. The molecule has 2 atom stereocenters. The molecule has 7 nitrogen and oxygen atoms in total. The fraction of sp³-hybridized carbons (Fsp3) is 0.500. The Hall–Kier alpha value is -2.16. The molecule has 1 aromatic heterocycles. The number of aryl methyl sites for hydroxylation is 3. The Labute approximate surface area is 177 Å². The number of nitrogens with one attached hydrogen (secondary N) is 1. The van der Waals surface area contributed by atoms with Crippen LogP contribution in [-0.4, -0.2) is 15.3 Å². The van der Waals surface area contributed by atoms with Crippen LogP contribution >= 0.6 is 0 Å². The number of aliphatic hydroxyl groups is 1. The summed E-state index contributed by atoms with van der Waals surface area (Å²) in [5.41, 5.74) is 4.98. The first-order valence-corrected chi connectivity index (χ1v) is 11.9. The van der Waals surface area contributed by atoms with E-state index in [4.69, 9.17) is 9.56 Å². The van der Waals surface area contributed by atoms with Gasteiger partial charge >= 0.3 is 6.03 Å². The lowest BCUT2D eigenvalue weighted by Gasteiger charge is -2.17. The van der Waals surface area contributed by atoms with Crippen molar-refractivity contribution in [3.8, 4) is 0 Å². The molecule has 2 aliphatic rings. The number of urea groups is 1. The number of anilines is 1. The van der Waals surface area contributed by atoms with Crippen molar-refractivity contribution < 1.29 is 18.5 Å². The summed E-state index contributed by atoms with van der Waals surface area (Å²) >= 11 is 0. The molecule has 0 aliphatic heterocycles. The Balaban J connectivity index is 1.69. The van der Waals surface area contributed by atoms with Gasteiger partial charge in [0.15, 0.2) is 9.92 Å². The molecule has 0 bridgehead atoms. The molecule has 2 aliphatic carbocycles. The number of hydrogen-bond acceptors (Lipinski definition) is 4. The molecule has 0 unspecified atom stereocenters. The SMILES string of the molecule is Cc1oc([S@](N)(=O)=NC(=O)Nc2c3c(cc4c2[C@@H](C)CC4)CCC3)cc1C(C)(C)O. The number of amides is 2. The molecule has 4 rings (SSSR count). The van der Waals surface area contributed by atoms with E-state index >= 15 is 0 Å². The van der Waals surface area contributed by atoms with E-state index in [-0.39, 0.29) is 5.09 Å². The van der Waals surface area contributed by atoms with E-state index in [2.05, 4.69) is 22.7 Å². The van der Waals surface area contributed by atoms with Crippen LogP contribution in [0.3, 0.4) is 0 Å². The van der Waals surface area contributed by atoms with Crippen LogP contribution in [0.1, 0.15) is 73.1 Å². The average Bonchev–Trinajstić information content (AvgIpc) is 3.32. The number of carbonyl (C=O) groups excluding carboxylic acids is 1. The molecule has 1 heterocycles. The van der Waals surface area contributed by atoms with Crippen molar-refractivity contribution in [2.24, 2.45) is 9.50 Å². The summed E-state index contributed by atoms with van der Waals surface area (Å²) in [5.74, 6) is 0.740. The molecule has 0 radical (unpaired) electrons. The Kier molecular flexibility index (Phi) is 5.07. The minimum absolute atomic E-state index is 0.121. The van der Waals surface area contributed by atoms with Crippen LogP contribution in [0.2, 0.25) is 0 Å². The van der Waals surface area contributed by atoms with Crippen LogP contribution in [-0.2, 0) is 34.8 Å². The summed E-state index contributed by atoms with van der Waals surface area (Å²) in [6.07, 6.45) is 5.04. The molecule has 0 saturated heterocycles. The maximum atomic E-state index is 13.0. The van der Waals surface area contributed by atoms with Gasteiger partial charge in [-0.25, -0.2) is 14.1 Å². The van der Waals surface area contributed by atoms with E-state index in [1.165, 1.54) is 22.8 Å². The highest BCUT2D eigenvalue weighted by molar-refractivity contribution is 7.91.